The van der Waals surface area contributed by atoms with E-state index in [1.807, 2.05) is 24.4 Å². The van der Waals surface area contributed by atoms with Gasteiger partial charge in [-0.3, -0.25) is 0 Å². The van der Waals surface area contributed by atoms with Gasteiger partial charge in [-0.1, -0.05) is 6.42 Å². The number of benzene rings is 1. The summed E-state index contributed by atoms with van der Waals surface area (Å²) in [5, 5.41) is 0. The minimum atomic E-state index is 0.0714. The molecule has 1 aromatic heterocycles. The van der Waals surface area contributed by atoms with Crippen LogP contribution in [0.25, 0.3) is 11.3 Å². The lowest BCUT2D eigenvalue weighted by molar-refractivity contribution is 0.240. The van der Waals surface area contributed by atoms with Gasteiger partial charge in [0.2, 0.25) is 0 Å². The number of hydrogen-bond acceptors (Lipinski definition) is 3. The number of imidazole rings is 1. The molecule has 1 heterocycles. The normalized spacial score (nSPS) is 16.8. The second-order valence-electron chi connectivity index (χ2n) is 5.33. The Bertz CT molecular complexity index is 614. The van der Waals surface area contributed by atoms with Crippen LogP contribution in [0.2, 0.25) is 0 Å². The Balaban J connectivity index is 1.92. The first kappa shape index (κ1) is 13.6. The molecule has 0 unspecified atom stereocenters. The summed E-state index contributed by atoms with van der Waals surface area (Å²) in [7, 11) is 1.66. The molecule has 0 bridgehead atoms. The van der Waals surface area contributed by atoms with Crippen LogP contribution < -0.4 is 10.5 Å². The molecule has 1 aromatic carbocycles. The quantitative estimate of drug-likeness (QED) is 0.901. The number of nitrogens with two attached hydrogens (primary N) is 1. The van der Waals surface area contributed by atoms with Crippen LogP contribution in [0.4, 0.5) is 0 Å². The highest BCUT2D eigenvalue weighted by molar-refractivity contribution is 9.10. The fourth-order valence-electron chi connectivity index (χ4n) is 2.71. The lowest BCUT2D eigenvalue weighted by atomic mass is 9.68. The van der Waals surface area contributed by atoms with Gasteiger partial charge in [-0.2, -0.15) is 0 Å². The van der Waals surface area contributed by atoms with E-state index in [0.717, 1.165) is 40.1 Å². The Morgan fingerprint density at radius 1 is 1.45 bits per heavy atom. The van der Waals surface area contributed by atoms with Crippen LogP contribution in [0, 0.1) is 0 Å². The van der Waals surface area contributed by atoms with E-state index in [1.54, 1.807) is 7.11 Å². The Labute approximate surface area is 126 Å². The van der Waals surface area contributed by atoms with Crippen molar-refractivity contribution in [3.8, 4) is 17.0 Å². The molecule has 0 aliphatic heterocycles. The zero-order valence-corrected chi connectivity index (χ0v) is 13.0. The van der Waals surface area contributed by atoms with Gasteiger partial charge in [0.25, 0.3) is 0 Å². The summed E-state index contributed by atoms with van der Waals surface area (Å²) in [4.78, 5) is 7.98. The van der Waals surface area contributed by atoms with Crippen molar-refractivity contribution in [3.63, 3.8) is 0 Å². The van der Waals surface area contributed by atoms with Gasteiger partial charge in [0.15, 0.2) is 0 Å². The highest BCUT2D eigenvalue weighted by Crippen LogP contribution is 2.42. The van der Waals surface area contributed by atoms with Crippen LogP contribution in [0.15, 0.2) is 28.9 Å². The van der Waals surface area contributed by atoms with Crippen LogP contribution in [-0.4, -0.2) is 23.6 Å². The van der Waals surface area contributed by atoms with Crippen molar-refractivity contribution in [1.82, 2.24) is 9.97 Å². The van der Waals surface area contributed by atoms with Crippen LogP contribution in [0.3, 0.4) is 0 Å². The summed E-state index contributed by atoms with van der Waals surface area (Å²) in [6.07, 6.45) is 5.38. The molecule has 1 aliphatic carbocycles. The molecular formula is C15H18BrN3O. The van der Waals surface area contributed by atoms with Gasteiger partial charge in [0.05, 0.1) is 23.5 Å². The van der Waals surface area contributed by atoms with E-state index in [-0.39, 0.29) is 5.41 Å². The first-order valence-electron chi connectivity index (χ1n) is 6.78. The zero-order chi connectivity index (χ0) is 14.2. The zero-order valence-electron chi connectivity index (χ0n) is 11.4. The summed E-state index contributed by atoms with van der Waals surface area (Å²) >= 11 is 3.51. The van der Waals surface area contributed by atoms with Gasteiger partial charge < -0.3 is 15.5 Å². The fourth-order valence-corrected chi connectivity index (χ4v) is 3.25. The summed E-state index contributed by atoms with van der Waals surface area (Å²) in [6.45, 7) is 0.659. The minimum absolute atomic E-state index is 0.0714. The minimum Gasteiger partial charge on any atom is -0.496 e. The van der Waals surface area contributed by atoms with Crippen LogP contribution in [0.5, 0.6) is 5.75 Å². The maximum atomic E-state index is 5.93. The van der Waals surface area contributed by atoms with Gasteiger partial charge in [0, 0.05) is 17.5 Å². The van der Waals surface area contributed by atoms with E-state index in [4.69, 9.17) is 10.5 Å². The summed E-state index contributed by atoms with van der Waals surface area (Å²) in [5.74, 6) is 1.85. The van der Waals surface area contributed by atoms with Gasteiger partial charge in [0.1, 0.15) is 11.6 Å². The van der Waals surface area contributed by atoms with Gasteiger partial charge in [-0.25, -0.2) is 4.98 Å². The Hall–Kier alpha value is -1.33. The Morgan fingerprint density at radius 2 is 2.25 bits per heavy atom. The highest BCUT2D eigenvalue weighted by atomic mass is 79.9. The van der Waals surface area contributed by atoms with E-state index < -0.39 is 0 Å². The van der Waals surface area contributed by atoms with E-state index in [2.05, 4.69) is 25.9 Å². The number of methoxy groups -OCH3 is 1. The van der Waals surface area contributed by atoms with E-state index >= 15 is 0 Å². The first-order chi connectivity index (χ1) is 9.68. The first-order valence-corrected chi connectivity index (χ1v) is 7.57. The number of hydrogen-bond donors (Lipinski definition) is 2. The third kappa shape index (κ3) is 2.15. The lowest BCUT2D eigenvalue weighted by Gasteiger charge is -2.39. The number of H-pyrrole nitrogens is 1. The topological polar surface area (TPSA) is 63.9 Å². The average molecular weight is 336 g/mol. The summed E-state index contributed by atoms with van der Waals surface area (Å²) in [6, 6.07) is 6.00. The predicted octanol–water partition coefficient (Wildman–Crippen LogP) is 3.23. The fraction of sp³-hybridized carbons (Fsp3) is 0.400. The largest absolute Gasteiger partial charge is 0.496 e. The molecule has 0 amide bonds. The molecular weight excluding hydrogens is 318 g/mol. The molecule has 1 saturated carbocycles. The molecule has 0 atom stereocenters. The molecule has 0 saturated heterocycles. The molecule has 3 N–H and O–H groups in total. The van der Waals surface area contributed by atoms with E-state index in [1.165, 1.54) is 6.42 Å². The lowest BCUT2D eigenvalue weighted by Crippen LogP contribution is -2.42. The van der Waals surface area contributed by atoms with Crippen LogP contribution >= 0.6 is 15.9 Å². The Kier molecular flexibility index (Phi) is 3.56. The number of aromatic nitrogens is 2. The summed E-state index contributed by atoms with van der Waals surface area (Å²) < 4.78 is 6.19. The molecule has 1 aliphatic rings. The second kappa shape index (κ2) is 5.22. The molecule has 2 aromatic rings. The van der Waals surface area contributed by atoms with Gasteiger partial charge >= 0.3 is 0 Å². The number of halogens is 1. The molecule has 1 fully saturated rings. The monoisotopic (exact) mass is 335 g/mol. The number of rotatable bonds is 4. The van der Waals surface area contributed by atoms with Crippen LogP contribution in [0.1, 0.15) is 25.1 Å². The van der Waals surface area contributed by atoms with Crippen molar-refractivity contribution in [1.29, 1.82) is 0 Å². The maximum absolute atomic E-state index is 5.93. The third-order valence-electron chi connectivity index (χ3n) is 4.24. The van der Waals surface area contributed by atoms with Gasteiger partial charge in [-0.15, -0.1) is 0 Å². The number of ether oxygens (including phenoxy) is 1. The van der Waals surface area contributed by atoms with Gasteiger partial charge in [-0.05, 0) is 47.0 Å². The standard InChI is InChI=1S/C15H18BrN3O/c1-20-13-4-3-10(7-11(13)16)12-8-18-14(19-12)15(9-17)5-2-6-15/h3-4,7-8H,2,5-6,9,17H2,1H3,(H,18,19). The van der Waals surface area contributed by atoms with E-state index in [0.29, 0.717) is 6.54 Å². The molecule has 4 nitrogen and oxygen atoms in total. The SMILES string of the molecule is COc1ccc(-c2cnc(C3(CN)CCC3)[nH]2)cc1Br. The average Bonchev–Trinajstić information content (AvgIpc) is 2.88. The molecule has 5 heteroatoms. The van der Waals surface area contributed by atoms with Crippen molar-refractivity contribution in [3.05, 3.63) is 34.7 Å². The maximum Gasteiger partial charge on any atom is 0.133 e. The van der Waals surface area contributed by atoms with Crippen LogP contribution in [-0.2, 0) is 5.41 Å². The number of nitrogens with one attached hydrogen (secondary N) is 1. The van der Waals surface area contributed by atoms with Crippen molar-refractivity contribution in [2.75, 3.05) is 13.7 Å². The van der Waals surface area contributed by atoms with Crippen molar-refractivity contribution < 1.29 is 4.74 Å². The number of nitrogens with zero attached hydrogens (tertiary/aromatic N) is 1. The van der Waals surface area contributed by atoms with Crippen molar-refractivity contribution >= 4 is 15.9 Å². The summed E-state index contributed by atoms with van der Waals surface area (Å²) in [5.41, 5.74) is 8.10. The molecule has 3 rings (SSSR count). The third-order valence-corrected chi connectivity index (χ3v) is 4.86. The Morgan fingerprint density at radius 3 is 2.80 bits per heavy atom. The molecule has 0 radical (unpaired) electrons. The van der Waals surface area contributed by atoms with Crippen molar-refractivity contribution in [2.45, 2.75) is 24.7 Å². The smallest absolute Gasteiger partial charge is 0.133 e. The number of aromatic amines is 1. The van der Waals surface area contributed by atoms with E-state index in [9.17, 15) is 0 Å². The van der Waals surface area contributed by atoms with Crippen molar-refractivity contribution in [2.24, 2.45) is 5.73 Å². The predicted molar refractivity (Wildman–Crippen MR) is 82.9 cm³/mol. The molecule has 106 valence electrons. The molecule has 0 spiro atoms. The highest BCUT2D eigenvalue weighted by Gasteiger charge is 2.39. The second-order valence-corrected chi connectivity index (χ2v) is 6.19. The molecule has 20 heavy (non-hydrogen) atoms.